The van der Waals surface area contributed by atoms with Crippen molar-refractivity contribution in [3.8, 4) is 0 Å². The molecule has 0 bridgehead atoms. The Kier molecular flexibility index (Phi) is 10.6. The van der Waals surface area contributed by atoms with E-state index in [2.05, 4.69) is 41.5 Å². The summed E-state index contributed by atoms with van der Waals surface area (Å²) in [6.45, 7) is 16.3. The predicted molar refractivity (Wildman–Crippen MR) is 98.2 cm³/mol. The molecule has 2 unspecified atom stereocenters. The summed E-state index contributed by atoms with van der Waals surface area (Å²) in [6, 6.07) is 0. The van der Waals surface area contributed by atoms with Crippen molar-refractivity contribution in [1.82, 2.24) is 0 Å². The largest absolute Gasteiger partial charge is 2.00 e. The summed E-state index contributed by atoms with van der Waals surface area (Å²) < 4.78 is 12.3. The van der Waals surface area contributed by atoms with Gasteiger partial charge in [0.15, 0.2) is 0 Å². The second kappa shape index (κ2) is 9.04. The minimum absolute atomic E-state index is 0. The van der Waals surface area contributed by atoms with Crippen molar-refractivity contribution in [3.63, 3.8) is 0 Å². The van der Waals surface area contributed by atoms with Crippen LogP contribution in [0, 0.1) is 14.9 Å². The summed E-state index contributed by atoms with van der Waals surface area (Å²) >= 11 is 0. The van der Waals surface area contributed by atoms with Crippen molar-refractivity contribution in [3.05, 3.63) is 14.9 Å². The van der Waals surface area contributed by atoms with Gasteiger partial charge in [0.2, 0.25) is 11.7 Å². The van der Waals surface area contributed by atoms with Crippen LogP contribution in [0.4, 0.5) is 0 Å². The first kappa shape index (κ1) is 24.7. The third-order valence-electron chi connectivity index (χ3n) is 4.23. The SMILES string of the molecule is CC(C)(C)[PH+]1CCO[C@H]1[C@@H]1OCC[PH+]1C(C)(C)C.[CH3-].[CH3-].[Rh+2]. The zero-order valence-corrected chi connectivity index (χ0v) is 18.8. The topological polar surface area (TPSA) is 18.5 Å². The van der Waals surface area contributed by atoms with E-state index in [9.17, 15) is 0 Å². The number of ether oxygens (including phenoxy) is 2. The van der Waals surface area contributed by atoms with Gasteiger partial charge in [0.05, 0.1) is 35.8 Å². The molecule has 0 aromatic carbocycles. The fraction of sp³-hybridized carbons (Fsp3) is 0.875. The van der Waals surface area contributed by atoms with Crippen LogP contribution in [0.15, 0.2) is 0 Å². The molecule has 2 aliphatic heterocycles. The first-order valence-electron chi connectivity index (χ1n) is 7.17. The molecule has 2 saturated heterocycles. The Balaban J connectivity index is 0. The van der Waals surface area contributed by atoms with E-state index in [1.165, 1.54) is 12.3 Å². The van der Waals surface area contributed by atoms with Gasteiger partial charge >= 0.3 is 19.5 Å². The zero-order valence-electron chi connectivity index (χ0n) is 15.1. The molecule has 129 valence electrons. The molecule has 0 aromatic heterocycles. The first-order chi connectivity index (χ1) is 8.21. The Bertz CT molecular complexity index is 270. The maximum atomic E-state index is 6.15. The van der Waals surface area contributed by atoms with Crippen molar-refractivity contribution < 1.29 is 29.0 Å². The van der Waals surface area contributed by atoms with Crippen LogP contribution in [-0.4, -0.2) is 47.5 Å². The average Bonchev–Trinajstić information content (AvgIpc) is 2.83. The number of hydrogen-bond donors (Lipinski definition) is 0. The van der Waals surface area contributed by atoms with Gasteiger partial charge in [-0.25, -0.2) is 0 Å². The fourth-order valence-electron chi connectivity index (χ4n) is 3.22. The fourth-order valence-corrected chi connectivity index (χ4v) is 10.4. The number of hydrogen-bond acceptors (Lipinski definition) is 2. The van der Waals surface area contributed by atoms with Gasteiger partial charge in [-0.3, -0.25) is 0 Å². The van der Waals surface area contributed by atoms with Crippen molar-refractivity contribution in [2.24, 2.45) is 0 Å². The molecule has 1 radical (unpaired) electrons. The Morgan fingerprint density at radius 3 is 1.24 bits per heavy atom. The van der Waals surface area contributed by atoms with Crippen LogP contribution >= 0.6 is 15.8 Å². The van der Waals surface area contributed by atoms with Gasteiger partial charge in [0.25, 0.3) is 0 Å². The zero-order chi connectivity index (χ0) is 13.6. The molecule has 2 rings (SSSR count). The van der Waals surface area contributed by atoms with Crippen LogP contribution in [0.5, 0.6) is 0 Å². The third-order valence-corrected chi connectivity index (χ3v) is 12.2. The van der Waals surface area contributed by atoms with E-state index in [0.717, 1.165) is 13.2 Å². The summed E-state index contributed by atoms with van der Waals surface area (Å²) in [4.78, 5) is 0. The minimum Gasteiger partial charge on any atom is -0.358 e. The van der Waals surface area contributed by atoms with Crippen LogP contribution < -0.4 is 0 Å². The van der Waals surface area contributed by atoms with Gasteiger partial charge in [0.1, 0.15) is 0 Å². The van der Waals surface area contributed by atoms with Crippen molar-refractivity contribution in [2.75, 3.05) is 25.5 Å². The molecule has 0 N–H and O–H groups in total. The summed E-state index contributed by atoms with van der Waals surface area (Å²) in [5.74, 6) is 0.899. The second-order valence-corrected chi connectivity index (χ2v) is 14.9. The van der Waals surface area contributed by atoms with E-state index in [0.29, 0.717) is 22.0 Å². The van der Waals surface area contributed by atoms with Gasteiger partial charge in [-0.05, 0) is 41.5 Å². The molecule has 0 saturated carbocycles. The Morgan fingerprint density at radius 2 is 1.00 bits per heavy atom. The van der Waals surface area contributed by atoms with Gasteiger partial charge < -0.3 is 24.3 Å². The Labute approximate surface area is 148 Å². The van der Waals surface area contributed by atoms with Crippen LogP contribution in [-0.2, 0) is 29.0 Å². The third kappa shape index (κ3) is 5.76. The Hall–Kier alpha value is 1.40. The summed E-state index contributed by atoms with van der Waals surface area (Å²) in [5.41, 5.74) is 0. The second-order valence-electron chi connectivity index (χ2n) is 7.63. The summed E-state index contributed by atoms with van der Waals surface area (Å²) in [7, 11) is -0.926. The molecule has 21 heavy (non-hydrogen) atoms. The molecular weight excluding hydrogens is 389 g/mol. The molecule has 4 atom stereocenters. The monoisotopic (exact) mass is 425 g/mol. The van der Waals surface area contributed by atoms with E-state index in [1.54, 1.807) is 0 Å². The van der Waals surface area contributed by atoms with Gasteiger partial charge in [-0.15, -0.1) is 0 Å². The van der Waals surface area contributed by atoms with Crippen molar-refractivity contribution in [1.29, 1.82) is 0 Å². The van der Waals surface area contributed by atoms with Crippen molar-refractivity contribution >= 4 is 15.8 Å². The molecule has 2 nitrogen and oxygen atoms in total. The smallest absolute Gasteiger partial charge is 0.358 e. The summed E-state index contributed by atoms with van der Waals surface area (Å²) in [5, 5.41) is 0.866. The van der Waals surface area contributed by atoms with E-state index >= 15 is 0 Å². The van der Waals surface area contributed by atoms with E-state index < -0.39 is 15.8 Å². The maximum absolute atomic E-state index is 6.15. The standard InChI is InChI=1S/C14H28O2P2.2CH3.Rh/c1-13(2,3)17-9-7-15-11(17)12-16-8-10-18(12)14(4,5)6;;;/h11-12H,7-10H2,1-6H3;2*1H3;/q;2*-1;+2/p+2/t11-,12-,17?,18?;;;/m1.../s1. The van der Waals surface area contributed by atoms with Gasteiger partial charge in [-0.1, -0.05) is 0 Å². The minimum atomic E-state index is -0.463. The molecule has 0 amide bonds. The molecule has 2 aliphatic rings. The molecule has 0 aromatic rings. The molecule has 2 heterocycles. The molecule has 0 aliphatic carbocycles. The molecule has 5 heteroatoms. The van der Waals surface area contributed by atoms with E-state index in [-0.39, 0.29) is 34.3 Å². The van der Waals surface area contributed by atoms with E-state index in [1.807, 2.05) is 0 Å². The van der Waals surface area contributed by atoms with Crippen LogP contribution in [0.25, 0.3) is 0 Å². The van der Waals surface area contributed by atoms with Gasteiger partial charge in [0, 0.05) is 15.8 Å². The van der Waals surface area contributed by atoms with E-state index in [4.69, 9.17) is 9.47 Å². The van der Waals surface area contributed by atoms with Gasteiger partial charge in [-0.2, -0.15) is 0 Å². The van der Waals surface area contributed by atoms with Crippen LogP contribution in [0.1, 0.15) is 41.5 Å². The molecule has 2 fully saturated rings. The first-order valence-corrected chi connectivity index (χ1v) is 10.7. The normalized spacial score (nSPS) is 32.9. The average molecular weight is 425 g/mol. The number of rotatable bonds is 1. The van der Waals surface area contributed by atoms with Crippen LogP contribution in [0.2, 0.25) is 0 Å². The van der Waals surface area contributed by atoms with Crippen molar-refractivity contribution in [2.45, 2.75) is 63.5 Å². The summed E-state index contributed by atoms with van der Waals surface area (Å²) in [6.07, 6.45) is 2.61. The quantitative estimate of drug-likeness (QED) is 0.347. The molecule has 0 spiro atoms. The predicted octanol–water partition coefficient (Wildman–Crippen LogP) is 4.62. The maximum Gasteiger partial charge on any atom is 2.00 e. The Morgan fingerprint density at radius 1 is 0.714 bits per heavy atom. The molecular formula is C16H36O2P2Rh+2. The van der Waals surface area contributed by atoms with Crippen LogP contribution in [0.3, 0.4) is 0 Å².